The molecule has 0 aliphatic carbocycles. The second-order valence-corrected chi connectivity index (χ2v) is 5.35. The van der Waals surface area contributed by atoms with Crippen molar-refractivity contribution in [3.05, 3.63) is 23.8 Å². The Hall–Kier alpha value is -1.27. The van der Waals surface area contributed by atoms with Crippen molar-refractivity contribution >= 4 is 10.0 Å². The zero-order chi connectivity index (χ0) is 12.3. The van der Waals surface area contributed by atoms with Crippen LogP contribution in [-0.4, -0.2) is 19.6 Å². The summed E-state index contributed by atoms with van der Waals surface area (Å²) < 4.78 is 27.3. The van der Waals surface area contributed by atoms with Gasteiger partial charge in [-0.25, -0.2) is 13.6 Å². The normalized spacial score (nSPS) is 11.8. The number of benzene rings is 1. The van der Waals surface area contributed by atoms with Gasteiger partial charge >= 0.3 is 0 Å². The third kappa shape index (κ3) is 3.71. The van der Waals surface area contributed by atoms with Gasteiger partial charge in [-0.15, -0.1) is 0 Å². The Balaban J connectivity index is 3.12. The predicted molar refractivity (Wildman–Crippen MR) is 60.7 cm³/mol. The van der Waals surface area contributed by atoms with E-state index in [9.17, 15) is 13.5 Å². The molecule has 1 aromatic rings. The number of sulfonamides is 1. The SMILES string of the molecule is CC(C)Oc1c(O)cccc1CS(N)(=O)=O. The fourth-order valence-corrected chi connectivity index (χ4v) is 1.93. The van der Waals surface area contributed by atoms with Gasteiger partial charge in [-0.05, 0) is 19.9 Å². The van der Waals surface area contributed by atoms with E-state index in [4.69, 9.17) is 9.88 Å². The van der Waals surface area contributed by atoms with Crippen molar-refractivity contribution in [1.29, 1.82) is 0 Å². The summed E-state index contributed by atoms with van der Waals surface area (Å²) in [7, 11) is -3.64. The van der Waals surface area contributed by atoms with E-state index in [-0.39, 0.29) is 23.4 Å². The van der Waals surface area contributed by atoms with Crippen LogP contribution in [0.4, 0.5) is 0 Å². The average Bonchev–Trinajstić information content (AvgIpc) is 2.08. The van der Waals surface area contributed by atoms with Crippen molar-refractivity contribution in [1.82, 2.24) is 0 Å². The summed E-state index contributed by atoms with van der Waals surface area (Å²) >= 11 is 0. The van der Waals surface area contributed by atoms with Crippen LogP contribution in [-0.2, 0) is 15.8 Å². The molecule has 6 heteroatoms. The number of phenols is 1. The second kappa shape index (κ2) is 4.71. The lowest BCUT2D eigenvalue weighted by Crippen LogP contribution is -2.16. The number of nitrogens with two attached hydrogens (primary N) is 1. The van der Waals surface area contributed by atoms with Gasteiger partial charge < -0.3 is 9.84 Å². The third-order valence-electron chi connectivity index (χ3n) is 1.79. The van der Waals surface area contributed by atoms with Crippen LogP contribution in [0.5, 0.6) is 11.5 Å². The first-order chi connectivity index (χ1) is 7.29. The predicted octanol–water partition coefficient (Wildman–Crippen LogP) is 0.968. The standard InChI is InChI=1S/C10H15NO4S/c1-7(2)15-10-8(6-16(11,13)14)4-3-5-9(10)12/h3-5,7,12H,6H2,1-2H3,(H2,11,13,14). The van der Waals surface area contributed by atoms with Gasteiger partial charge in [0.05, 0.1) is 11.9 Å². The molecule has 90 valence electrons. The van der Waals surface area contributed by atoms with Crippen molar-refractivity contribution < 1.29 is 18.3 Å². The van der Waals surface area contributed by atoms with Crippen LogP contribution in [0.15, 0.2) is 18.2 Å². The molecular weight excluding hydrogens is 230 g/mol. The lowest BCUT2D eigenvalue weighted by Gasteiger charge is -2.14. The molecule has 0 unspecified atom stereocenters. The molecular formula is C10H15NO4S. The molecule has 1 rings (SSSR count). The molecule has 0 bridgehead atoms. The minimum Gasteiger partial charge on any atom is -0.504 e. The Labute approximate surface area is 94.9 Å². The van der Waals surface area contributed by atoms with Gasteiger partial charge in [0.2, 0.25) is 10.0 Å². The quantitative estimate of drug-likeness (QED) is 0.827. The summed E-state index contributed by atoms with van der Waals surface area (Å²) in [6, 6.07) is 4.54. The second-order valence-electron chi connectivity index (χ2n) is 3.74. The van der Waals surface area contributed by atoms with Crippen LogP contribution in [0.25, 0.3) is 0 Å². The molecule has 0 aliphatic rings. The highest BCUT2D eigenvalue weighted by Crippen LogP contribution is 2.31. The van der Waals surface area contributed by atoms with Crippen LogP contribution in [0, 0.1) is 0 Å². The number of para-hydroxylation sites is 1. The molecule has 0 amide bonds. The fourth-order valence-electron chi connectivity index (χ4n) is 1.27. The first-order valence-corrected chi connectivity index (χ1v) is 6.49. The fraction of sp³-hybridized carbons (Fsp3) is 0.400. The van der Waals surface area contributed by atoms with E-state index >= 15 is 0 Å². The number of phenolic OH excluding ortho intramolecular Hbond substituents is 1. The number of ether oxygens (including phenoxy) is 1. The number of hydrogen-bond acceptors (Lipinski definition) is 4. The van der Waals surface area contributed by atoms with Crippen molar-refractivity contribution in [3.63, 3.8) is 0 Å². The van der Waals surface area contributed by atoms with Gasteiger partial charge in [-0.2, -0.15) is 0 Å². The first kappa shape index (κ1) is 12.8. The van der Waals surface area contributed by atoms with Crippen LogP contribution < -0.4 is 9.88 Å². The minimum absolute atomic E-state index is 0.0881. The topological polar surface area (TPSA) is 89.6 Å². The zero-order valence-corrected chi connectivity index (χ0v) is 9.99. The van der Waals surface area contributed by atoms with Crippen LogP contribution in [0.1, 0.15) is 19.4 Å². The Morgan fingerprint density at radius 1 is 1.44 bits per heavy atom. The van der Waals surface area contributed by atoms with E-state index in [0.29, 0.717) is 5.56 Å². The van der Waals surface area contributed by atoms with Gasteiger partial charge in [0.15, 0.2) is 11.5 Å². The van der Waals surface area contributed by atoms with Gasteiger partial charge in [-0.1, -0.05) is 12.1 Å². The minimum atomic E-state index is -3.64. The van der Waals surface area contributed by atoms with Crippen molar-refractivity contribution in [2.24, 2.45) is 5.14 Å². The van der Waals surface area contributed by atoms with Gasteiger partial charge in [0.25, 0.3) is 0 Å². The molecule has 0 aromatic heterocycles. The summed E-state index contributed by atoms with van der Waals surface area (Å²) in [5.74, 6) is -0.273. The molecule has 0 atom stereocenters. The molecule has 0 saturated carbocycles. The van der Waals surface area contributed by atoms with Crippen LogP contribution in [0.3, 0.4) is 0 Å². The highest BCUT2D eigenvalue weighted by Gasteiger charge is 2.15. The van der Waals surface area contributed by atoms with Crippen molar-refractivity contribution in [2.75, 3.05) is 0 Å². The number of hydrogen-bond donors (Lipinski definition) is 2. The summed E-state index contributed by atoms with van der Waals surface area (Å²) in [6.07, 6.45) is -0.160. The van der Waals surface area contributed by atoms with Crippen LogP contribution in [0.2, 0.25) is 0 Å². The van der Waals surface area contributed by atoms with Crippen molar-refractivity contribution in [2.45, 2.75) is 25.7 Å². The smallest absolute Gasteiger partial charge is 0.213 e. The van der Waals surface area contributed by atoms with E-state index in [2.05, 4.69) is 0 Å². The Bertz CT molecular complexity index is 468. The van der Waals surface area contributed by atoms with E-state index < -0.39 is 10.0 Å². The highest BCUT2D eigenvalue weighted by molar-refractivity contribution is 7.88. The third-order valence-corrected chi connectivity index (χ3v) is 2.50. The average molecular weight is 245 g/mol. The lowest BCUT2D eigenvalue weighted by atomic mass is 10.2. The van der Waals surface area contributed by atoms with E-state index in [1.807, 2.05) is 0 Å². The summed E-state index contributed by atoms with van der Waals surface area (Å²) in [5.41, 5.74) is 0.358. The Kier molecular flexibility index (Phi) is 3.77. The van der Waals surface area contributed by atoms with Gasteiger partial charge in [0.1, 0.15) is 0 Å². The monoisotopic (exact) mass is 245 g/mol. The molecule has 0 radical (unpaired) electrons. The highest BCUT2D eigenvalue weighted by atomic mass is 32.2. The molecule has 0 aliphatic heterocycles. The summed E-state index contributed by atoms with van der Waals surface area (Å²) in [4.78, 5) is 0. The van der Waals surface area contributed by atoms with E-state index in [1.54, 1.807) is 26.0 Å². The largest absolute Gasteiger partial charge is 0.504 e. The van der Waals surface area contributed by atoms with Gasteiger partial charge in [-0.3, -0.25) is 0 Å². The Morgan fingerprint density at radius 2 is 2.06 bits per heavy atom. The molecule has 16 heavy (non-hydrogen) atoms. The molecule has 3 N–H and O–H groups in total. The molecule has 0 fully saturated rings. The van der Waals surface area contributed by atoms with E-state index in [0.717, 1.165) is 0 Å². The Morgan fingerprint density at radius 3 is 2.56 bits per heavy atom. The number of rotatable bonds is 4. The lowest BCUT2D eigenvalue weighted by molar-refractivity contribution is 0.230. The zero-order valence-electron chi connectivity index (χ0n) is 9.17. The maximum atomic E-state index is 11.0. The first-order valence-electron chi connectivity index (χ1n) is 4.77. The number of aromatic hydroxyl groups is 1. The number of primary sulfonamides is 1. The maximum absolute atomic E-state index is 11.0. The van der Waals surface area contributed by atoms with Crippen LogP contribution >= 0.6 is 0 Å². The molecule has 0 spiro atoms. The molecule has 1 aromatic carbocycles. The summed E-state index contributed by atoms with van der Waals surface area (Å²) in [5, 5.41) is 14.5. The molecule has 0 heterocycles. The summed E-state index contributed by atoms with van der Waals surface area (Å²) in [6.45, 7) is 3.57. The van der Waals surface area contributed by atoms with E-state index in [1.165, 1.54) is 6.07 Å². The molecule has 0 saturated heterocycles. The molecule has 5 nitrogen and oxygen atoms in total. The van der Waals surface area contributed by atoms with Gasteiger partial charge in [0, 0.05) is 5.56 Å². The van der Waals surface area contributed by atoms with Crippen molar-refractivity contribution in [3.8, 4) is 11.5 Å². The maximum Gasteiger partial charge on any atom is 0.213 e.